The second-order valence-electron chi connectivity index (χ2n) is 15.7. The lowest BCUT2D eigenvalue weighted by Gasteiger charge is -2.47. The molecule has 3 amide bonds. The number of phenolic OH excluding ortho intramolecular Hbond substituents is 1. The van der Waals surface area contributed by atoms with E-state index < -0.39 is 5.60 Å². The zero-order chi connectivity index (χ0) is 40.5. The summed E-state index contributed by atoms with van der Waals surface area (Å²) in [6.07, 6.45) is 2.80. The number of nitrogens with zero attached hydrogens (tertiary/aromatic N) is 4. The van der Waals surface area contributed by atoms with Gasteiger partial charge >= 0.3 is 0 Å². The predicted octanol–water partition coefficient (Wildman–Crippen LogP) is 4.97. The van der Waals surface area contributed by atoms with Crippen LogP contribution >= 0.6 is 11.3 Å². The van der Waals surface area contributed by atoms with Crippen molar-refractivity contribution >= 4 is 34.7 Å². The van der Waals surface area contributed by atoms with E-state index in [-0.39, 0.29) is 60.9 Å². The molecule has 310 valence electrons. The van der Waals surface area contributed by atoms with Crippen molar-refractivity contribution in [2.24, 2.45) is 0 Å². The number of thiazole rings is 1. The van der Waals surface area contributed by atoms with Gasteiger partial charge in [-0.3, -0.25) is 19.3 Å². The molecule has 4 heterocycles. The highest BCUT2D eigenvalue weighted by atomic mass is 32.1. The minimum absolute atomic E-state index is 0.00216. The highest BCUT2D eigenvalue weighted by Crippen LogP contribution is 2.39. The Balaban J connectivity index is 0.886. The fourth-order valence-corrected chi connectivity index (χ4v) is 8.47. The van der Waals surface area contributed by atoms with E-state index in [0.717, 1.165) is 36.5 Å². The minimum Gasteiger partial charge on any atom is -0.506 e. The number of likely N-dealkylation sites (tertiary alicyclic amines) is 1. The lowest BCUT2D eigenvalue weighted by Crippen LogP contribution is -2.58. The van der Waals surface area contributed by atoms with Crippen molar-refractivity contribution in [3.8, 4) is 11.5 Å². The second kappa shape index (κ2) is 19.5. The normalized spacial score (nSPS) is 16.8. The van der Waals surface area contributed by atoms with Crippen LogP contribution in [-0.4, -0.2) is 126 Å². The monoisotopic (exact) mass is 808 g/mol. The molecule has 0 bridgehead atoms. The Morgan fingerprint density at radius 1 is 1.07 bits per heavy atom. The van der Waals surface area contributed by atoms with Crippen LogP contribution in [0.4, 0.5) is 10.1 Å². The number of anilines is 1. The Morgan fingerprint density at radius 3 is 2.61 bits per heavy atom. The Labute approximate surface area is 338 Å². The van der Waals surface area contributed by atoms with Gasteiger partial charge in [0.05, 0.1) is 43.4 Å². The van der Waals surface area contributed by atoms with Crippen LogP contribution < -0.4 is 15.4 Å². The fourth-order valence-electron chi connectivity index (χ4n) is 7.66. The molecule has 57 heavy (non-hydrogen) atoms. The number of halogens is 1. The Kier molecular flexibility index (Phi) is 14.5. The van der Waals surface area contributed by atoms with Gasteiger partial charge < -0.3 is 39.8 Å². The van der Waals surface area contributed by atoms with Crippen LogP contribution in [0.5, 0.6) is 11.5 Å². The van der Waals surface area contributed by atoms with Gasteiger partial charge in [-0.15, -0.1) is 11.3 Å². The summed E-state index contributed by atoms with van der Waals surface area (Å²) < 4.78 is 33.4. The number of carbonyl (C=O) groups is 3. The van der Waals surface area contributed by atoms with Crippen LogP contribution in [0.25, 0.3) is 0 Å². The molecule has 3 aliphatic rings. The maximum absolute atomic E-state index is 15.7. The van der Waals surface area contributed by atoms with Crippen LogP contribution in [-0.2, 0) is 38.4 Å². The number of benzene rings is 2. The maximum Gasteiger partial charge on any atom is 0.273 e. The molecule has 3 aromatic rings. The third kappa shape index (κ3) is 10.9. The van der Waals surface area contributed by atoms with Crippen LogP contribution in [0.15, 0.2) is 35.7 Å². The van der Waals surface area contributed by atoms with Gasteiger partial charge in [-0.05, 0) is 63.3 Å². The topological polar surface area (TPSA) is 146 Å². The molecule has 15 heteroatoms. The number of aromatic hydroxyl groups is 1. The molecule has 3 aliphatic heterocycles. The summed E-state index contributed by atoms with van der Waals surface area (Å²) in [5.74, 6) is 0.194. The highest BCUT2D eigenvalue weighted by molar-refractivity contribution is 7.09. The first-order valence-electron chi connectivity index (χ1n) is 20.2. The van der Waals surface area contributed by atoms with E-state index in [4.69, 9.17) is 14.2 Å². The van der Waals surface area contributed by atoms with Crippen molar-refractivity contribution < 1.29 is 38.1 Å². The maximum atomic E-state index is 15.7. The molecule has 0 aliphatic carbocycles. The van der Waals surface area contributed by atoms with Crippen LogP contribution in [0.1, 0.15) is 85.1 Å². The molecule has 13 nitrogen and oxygen atoms in total. The van der Waals surface area contributed by atoms with Crippen molar-refractivity contribution in [2.45, 2.75) is 83.9 Å². The first-order chi connectivity index (χ1) is 27.4. The summed E-state index contributed by atoms with van der Waals surface area (Å²) >= 11 is 1.53. The van der Waals surface area contributed by atoms with E-state index in [9.17, 15) is 19.5 Å². The third-order valence-electron chi connectivity index (χ3n) is 10.9. The number of nitrogens with one attached hydrogen (secondary N) is 2. The SMILES string of the molecule is CC(C)c1nc(C(=O)N2CCOC3(CCN(Cc4cccc(CCOCCC(=O)N(CCNCCc5ccc(O)c6c5OCC(=O)N6)C(C)C)c4F)CC3)C2)cs1. The lowest BCUT2D eigenvalue weighted by atomic mass is 9.89. The molecule has 0 atom stereocenters. The number of morpholine rings is 1. The Hall–Kier alpha value is -4.15. The molecule has 2 aromatic carbocycles. The van der Waals surface area contributed by atoms with E-state index in [1.807, 2.05) is 41.2 Å². The van der Waals surface area contributed by atoms with E-state index in [2.05, 4.69) is 34.4 Å². The number of aromatic nitrogens is 1. The van der Waals surface area contributed by atoms with Gasteiger partial charge in [0.1, 0.15) is 22.9 Å². The largest absolute Gasteiger partial charge is 0.506 e. The molecule has 0 radical (unpaired) electrons. The minimum atomic E-state index is -0.391. The molecule has 3 N–H and O–H groups in total. The van der Waals surface area contributed by atoms with Gasteiger partial charge in [0.2, 0.25) is 5.91 Å². The smallest absolute Gasteiger partial charge is 0.273 e. The van der Waals surface area contributed by atoms with E-state index in [1.54, 1.807) is 18.2 Å². The average molecular weight is 809 g/mol. The number of piperidine rings is 1. The van der Waals surface area contributed by atoms with Gasteiger partial charge in [0.25, 0.3) is 11.8 Å². The van der Waals surface area contributed by atoms with Crippen LogP contribution in [0, 0.1) is 5.82 Å². The van der Waals surface area contributed by atoms with E-state index in [0.29, 0.717) is 93.6 Å². The summed E-state index contributed by atoms with van der Waals surface area (Å²) in [5, 5.41) is 18.9. The second-order valence-corrected chi connectivity index (χ2v) is 16.6. The van der Waals surface area contributed by atoms with Gasteiger partial charge in [0, 0.05) is 62.2 Å². The number of carbonyl (C=O) groups excluding carboxylic acids is 3. The van der Waals surface area contributed by atoms with Gasteiger partial charge in [0.15, 0.2) is 12.4 Å². The number of hydrogen-bond donors (Lipinski definition) is 3. The quantitative estimate of drug-likeness (QED) is 0.126. The molecule has 2 saturated heterocycles. The van der Waals surface area contributed by atoms with Crippen molar-refractivity contribution in [1.29, 1.82) is 0 Å². The van der Waals surface area contributed by atoms with Gasteiger partial charge in [-0.2, -0.15) is 0 Å². The van der Waals surface area contributed by atoms with Crippen LogP contribution in [0.2, 0.25) is 0 Å². The molecule has 2 fully saturated rings. The third-order valence-corrected chi connectivity index (χ3v) is 12.1. The van der Waals surface area contributed by atoms with Crippen molar-refractivity contribution in [3.63, 3.8) is 0 Å². The van der Waals surface area contributed by atoms with Crippen molar-refractivity contribution in [1.82, 2.24) is 25.0 Å². The number of amides is 3. The highest BCUT2D eigenvalue weighted by Gasteiger charge is 2.41. The number of rotatable bonds is 17. The average Bonchev–Trinajstić information content (AvgIpc) is 3.70. The Morgan fingerprint density at radius 2 is 1.86 bits per heavy atom. The zero-order valence-electron chi connectivity index (χ0n) is 33.6. The zero-order valence-corrected chi connectivity index (χ0v) is 34.4. The van der Waals surface area contributed by atoms with Crippen LogP contribution in [0.3, 0.4) is 0 Å². The standard InChI is InChI=1S/C42H57FN6O7S/c1-28(2)40-45-33(26-57-40)41(53)48-20-23-56-42(27-48)13-17-47(18-14-42)24-32-7-5-6-30(37(32)43)11-21-54-22-12-36(52)49(29(3)4)19-16-44-15-10-31-8-9-34(50)38-39(31)55-25-35(51)46-38/h5-9,26,28-29,44,50H,10-25,27H2,1-4H3,(H,46,51). The summed E-state index contributed by atoms with van der Waals surface area (Å²) in [6, 6.07) is 8.86. The van der Waals surface area contributed by atoms with E-state index >= 15 is 4.39 Å². The molecule has 0 saturated carbocycles. The number of phenols is 1. The summed E-state index contributed by atoms with van der Waals surface area (Å²) in [4.78, 5) is 48.6. The number of fused-ring (bicyclic) bond motifs is 1. The predicted molar refractivity (Wildman–Crippen MR) is 216 cm³/mol. The molecule has 0 unspecified atom stereocenters. The lowest BCUT2D eigenvalue weighted by molar-refractivity contribution is -0.134. The summed E-state index contributed by atoms with van der Waals surface area (Å²) in [7, 11) is 0. The first kappa shape index (κ1) is 42.5. The number of hydrogen-bond acceptors (Lipinski definition) is 11. The summed E-state index contributed by atoms with van der Waals surface area (Å²) in [6.45, 7) is 13.9. The molecule has 1 aromatic heterocycles. The van der Waals surface area contributed by atoms with Gasteiger partial charge in [-0.25, -0.2) is 9.37 Å². The summed E-state index contributed by atoms with van der Waals surface area (Å²) in [5.41, 5.74) is 2.54. The molecule has 6 rings (SSSR count). The Bertz CT molecular complexity index is 1860. The first-order valence-corrected chi connectivity index (χ1v) is 21.0. The molecular weight excluding hydrogens is 752 g/mol. The van der Waals surface area contributed by atoms with Crippen molar-refractivity contribution in [3.05, 3.63) is 68.9 Å². The fraction of sp³-hybridized carbons (Fsp3) is 0.571. The molecular formula is C42H57FN6O7S. The van der Waals surface area contributed by atoms with Crippen molar-refractivity contribution in [2.75, 3.05) is 77.6 Å². The number of ether oxygens (including phenoxy) is 3. The van der Waals surface area contributed by atoms with E-state index in [1.165, 1.54) is 11.3 Å². The molecule has 1 spiro atoms. The van der Waals surface area contributed by atoms with Gasteiger partial charge in [-0.1, -0.05) is 38.1 Å².